The Kier molecular flexibility index (Phi) is 7.04. The molecule has 4 aromatic carbocycles. The summed E-state index contributed by atoms with van der Waals surface area (Å²) in [6.45, 7) is 21.0. The van der Waals surface area contributed by atoms with Gasteiger partial charge in [0.2, 0.25) is 0 Å². The van der Waals surface area contributed by atoms with Crippen molar-refractivity contribution in [1.82, 2.24) is 0 Å². The highest BCUT2D eigenvalue weighted by Gasteiger charge is 2.28. The van der Waals surface area contributed by atoms with Gasteiger partial charge in [-0.05, 0) is 112 Å². The molecule has 0 aliphatic heterocycles. The third kappa shape index (κ3) is 5.38. The summed E-state index contributed by atoms with van der Waals surface area (Å²) in [4.78, 5) is 0. The van der Waals surface area contributed by atoms with Crippen molar-refractivity contribution < 1.29 is 0 Å². The predicted octanol–water partition coefficient (Wildman–Crippen LogP) is 9.59. The molecule has 217 valence electrons. The Morgan fingerprint density at radius 2 is 1.23 bits per heavy atom. The van der Waals surface area contributed by atoms with E-state index in [0.717, 1.165) is 6.42 Å². The van der Waals surface area contributed by atoms with Crippen molar-refractivity contribution in [2.45, 2.75) is 79.6 Å². The van der Waals surface area contributed by atoms with Crippen molar-refractivity contribution >= 4 is 17.2 Å². The molecular formula is C43H45. The minimum atomic E-state index is -0.0856. The smallest absolute Gasteiger partial charge is 0.000730 e. The van der Waals surface area contributed by atoms with Crippen LogP contribution in [0.25, 0.3) is 17.2 Å². The molecule has 0 heteroatoms. The quantitative estimate of drug-likeness (QED) is 0.206. The third-order valence-electron chi connectivity index (χ3n) is 9.00. The molecule has 0 N–H and O–H groups in total. The molecule has 0 amide bonds. The van der Waals surface area contributed by atoms with E-state index in [1.807, 2.05) is 0 Å². The van der Waals surface area contributed by atoms with Crippen molar-refractivity contribution in [1.29, 1.82) is 0 Å². The second kappa shape index (κ2) is 10.4. The maximum absolute atomic E-state index is 3.96. The van der Waals surface area contributed by atoms with E-state index in [4.69, 9.17) is 0 Å². The summed E-state index contributed by atoms with van der Waals surface area (Å²) in [5, 5.41) is 5.17. The topological polar surface area (TPSA) is 0 Å². The lowest BCUT2D eigenvalue weighted by molar-refractivity contribution is 0.518. The Morgan fingerprint density at radius 3 is 1.74 bits per heavy atom. The first-order chi connectivity index (χ1) is 20.2. The van der Waals surface area contributed by atoms with Crippen molar-refractivity contribution in [2.24, 2.45) is 5.41 Å². The highest BCUT2D eigenvalue weighted by atomic mass is 14.3. The molecule has 0 aromatic heterocycles. The molecule has 43 heavy (non-hydrogen) atoms. The number of hydrogen-bond acceptors (Lipinski definition) is 0. The Hall–Kier alpha value is -3.90. The molecule has 0 heterocycles. The maximum atomic E-state index is 3.96. The lowest BCUT2D eigenvalue weighted by atomic mass is 9.78. The average Bonchev–Trinajstić information content (AvgIpc) is 3.58. The second-order valence-electron chi connectivity index (χ2n) is 15.4. The number of allylic oxidation sites excluding steroid dienone is 4. The molecule has 2 aliphatic carbocycles. The molecule has 0 saturated carbocycles. The van der Waals surface area contributed by atoms with E-state index in [-0.39, 0.29) is 16.2 Å². The van der Waals surface area contributed by atoms with Gasteiger partial charge in [0.25, 0.3) is 0 Å². The molecule has 0 nitrogen and oxygen atoms in total. The zero-order valence-electron chi connectivity index (χ0n) is 27.4. The number of rotatable bonds is 3. The zero-order valence-corrected chi connectivity index (χ0v) is 27.4. The van der Waals surface area contributed by atoms with Gasteiger partial charge in [-0.2, -0.15) is 0 Å². The van der Waals surface area contributed by atoms with E-state index in [9.17, 15) is 0 Å². The number of fused-ring (bicyclic) bond motifs is 2. The summed E-state index contributed by atoms with van der Waals surface area (Å²) in [6.07, 6.45) is 9.81. The van der Waals surface area contributed by atoms with Gasteiger partial charge in [0.15, 0.2) is 0 Å². The van der Waals surface area contributed by atoms with Gasteiger partial charge in [-0.25, -0.2) is 0 Å². The van der Waals surface area contributed by atoms with Crippen LogP contribution < -0.4 is 10.4 Å². The summed E-state index contributed by atoms with van der Waals surface area (Å²) < 4.78 is 0. The standard InChI is InChI=1S/C43H45/c1-41(2,3)32-23-21-31(24-32)39-36-25-30-20-22-33(42(4,5)6)26-34(30)35(36)27-37(43(7,8)9)40(39)38(28-16-12-10-13-17-28)29-18-14-11-15-19-29/h10-20,22-24,26-27H,21H2,1-9H3. The van der Waals surface area contributed by atoms with E-state index in [0.29, 0.717) is 0 Å². The van der Waals surface area contributed by atoms with Crippen LogP contribution in [-0.4, -0.2) is 0 Å². The van der Waals surface area contributed by atoms with Crippen LogP contribution in [0.5, 0.6) is 0 Å². The second-order valence-corrected chi connectivity index (χ2v) is 15.4. The number of benzene rings is 4. The van der Waals surface area contributed by atoms with Crippen LogP contribution in [0.3, 0.4) is 0 Å². The largest absolute Gasteiger partial charge is 0.0763 e. The van der Waals surface area contributed by atoms with E-state index in [1.165, 1.54) is 71.0 Å². The van der Waals surface area contributed by atoms with Crippen LogP contribution in [0, 0.1) is 15.9 Å². The maximum Gasteiger partial charge on any atom is -0.000730 e. The molecular weight excluding hydrogens is 516 g/mol. The summed E-state index contributed by atoms with van der Waals surface area (Å²) in [7, 11) is 0. The van der Waals surface area contributed by atoms with E-state index >= 15 is 0 Å². The highest BCUT2D eigenvalue weighted by molar-refractivity contribution is 5.88. The van der Waals surface area contributed by atoms with Crippen LogP contribution in [0.15, 0.2) is 103 Å². The lowest BCUT2D eigenvalue weighted by Crippen LogP contribution is -2.29. The molecule has 0 unspecified atom stereocenters. The Labute approximate surface area is 258 Å². The summed E-state index contributed by atoms with van der Waals surface area (Å²) in [5.74, 6) is 0. The molecule has 6 rings (SSSR count). The van der Waals surface area contributed by atoms with Gasteiger partial charge < -0.3 is 0 Å². The lowest BCUT2D eigenvalue weighted by Gasteiger charge is -2.26. The van der Waals surface area contributed by atoms with Gasteiger partial charge >= 0.3 is 0 Å². The van der Waals surface area contributed by atoms with Crippen molar-refractivity contribution in [3.63, 3.8) is 0 Å². The minimum absolute atomic E-state index is 0.0779. The van der Waals surface area contributed by atoms with Crippen LogP contribution in [0.1, 0.15) is 102 Å². The van der Waals surface area contributed by atoms with Gasteiger partial charge in [0.05, 0.1) is 0 Å². The van der Waals surface area contributed by atoms with E-state index in [1.54, 1.807) is 0 Å². The SMILES string of the molecule is CC(C)(C)C1=CCC(c2c3c(cc(C(C)(C)C)c2=C(c2ccccc2)c2ccccc2)=c2cc(C(C)(C)C)ccc2=[C]3)=C1. The molecule has 1 radical (unpaired) electrons. The van der Waals surface area contributed by atoms with Crippen molar-refractivity contribution in [3.8, 4) is 0 Å². The van der Waals surface area contributed by atoms with Crippen LogP contribution in [0.2, 0.25) is 0 Å². The van der Waals surface area contributed by atoms with E-state index in [2.05, 4.69) is 165 Å². The molecule has 2 aliphatic rings. The molecule has 0 saturated heterocycles. The molecule has 0 fully saturated rings. The Bertz CT molecular complexity index is 1950. The fourth-order valence-electron chi connectivity index (χ4n) is 6.56. The van der Waals surface area contributed by atoms with Crippen molar-refractivity contribution in [3.05, 3.63) is 157 Å². The van der Waals surface area contributed by atoms with Gasteiger partial charge in [0.1, 0.15) is 0 Å². The Morgan fingerprint density at radius 1 is 0.628 bits per heavy atom. The Balaban J connectivity index is 1.89. The minimum Gasteiger partial charge on any atom is -0.0763 e. The predicted molar refractivity (Wildman–Crippen MR) is 184 cm³/mol. The molecule has 4 aromatic rings. The highest BCUT2D eigenvalue weighted by Crippen LogP contribution is 2.39. The summed E-state index contributed by atoms with van der Waals surface area (Å²) in [5.41, 5.74) is 12.0. The monoisotopic (exact) mass is 561 g/mol. The van der Waals surface area contributed by atoms with Gasteiger partial charge in [-0.1, -0.05) is 147 Å². The van der Waals surface area contributed by atoms with Gasteiger partial charge in [-0.3, -0.25) is 0 Å². The van der Waals surface area contributed by atoms with Crippen LogP contribution in [-0.2, 0) is 10.8 Å². The summed E-state index contributed by atoms with van der Waals surface area (Å²) >= 11 is 0. The first-order valence-corrected chi connectivity index (χ1v) is 15.8. The molecule has 0 bridgehead atoms. The van der Waals surface area contributed by atoms with Gasteiger partial charge in [-0.15, -0.1) is 0 Å². The van der Waals surface area contributed by atoms with Crippen molar-refractivity contribution in [2.75, 3.05) is 0 Å². The first kappa shape index (κ1) is 29.2. The van der Waals surface area contributed by atoms with Crippen LogP contribution >= 0.6 is 0 Å². The average molecular weight is 562 g/mol. The number of hydrogen-bond donors (Lipinski definition) is 0. The fraction of sp³-hybridized carbons (Fsp3) is 0.302. The third-order valence-corrected chi connectivity index (χ3v) is 9.00. The zero-order chi connectivity index (χ0) is 30.7. The van der Waals surface area contributed by atoms with Gasteiger partial charge in [0, 0.05) is 0 Å². The molecule has 0 spiro atoms. The fourth-order valence-corrected chi connectivity index (χ4v) is 6.56. The first-order valence-electron chi connectivity index (χ1n) is 15.8. The summed E-state index contributed by atoms with van der Waals surface area (Å²) in [6, 6.07) is 31.5. The van der Waals surface area contributed by atoms with Crippen LogP contribution in [0.4, 0.5) is 0 Å². The normalized spacial score (nSPS) is 14.5. The molecule has 0 atom stereocenters. The van der Waals surface area contributed by atoms with E-state index < -0.39 is 0 Å².